The van der Waals surface area contributed by atoms with Crippen molar-refractivity contribution in [2.45, 2.75) is 52.4 Å². The zero-order valence-corrected chi connectivity index (χ0v) is 12.8. The molecule has 0 aromatic carbocycles. The lowest BCUT2D eigenvalue weighted by atomic mass is 10.1. The predicted octanol–water partition coefficient (Wildman–Crippen LogP) is 3.22. The number of aryl methyl sites for hydroxylation is 1. The van der Waals surface area contributed by atoms with Gasteiger partial charge in [-0.3, -0.25) is 5.32 Å². The average molecular weight is 277 g/mol. The van der Waals surface area contributed by atoms with Gasteiger partial charge in [-0.1, -0.05) is 13.3 Å². The van der Waals surface area contributed by atoms with E-state index >= 15 is 0 Å². The van der Waals surface area contributed by atoms with E-state index < -0.39 is 0 Å². The minimum Gasteiger partial charge on any atom is -0.710 e. The molecular weight excluding hydrogens is 250 g/mol. The number of nitrogens with zero attached hydrogens (tertiary/aromatic N) is 2. The fourth-order valence-electron chi connectivity index (χ4n) is 2.75. The van der Waals surface area contributed by atoms with Gasteiger partial charge in [0.25, 0.3) is 5.82 Å². The molecule has 2 rings (SSSR count). The van der Waals surface area contributed by atoms with Gasteiger partial charge in [-0.05, 0) is 39.0 Å². The second-order valence-electron chi connectivity index (χ2n) is 5.72. The normalized spacial score (nSPS) is 15.4. The number of hydrogen-bond donors (Lipinski definition) is 1. The fourth-order valence-corrected chi connectivity index (χ4v) is 2.75. The second-order valence-corrected chi connectivity index (χ2v) is 5.72. The van der Waals surface area contributed by atoms with Crippen molar-refractivity contribution in [1.82, 2.24) is 0 Å². The van der Waals surface area contributed by atoms with Crippen molar-refractivity contribution in [1.29, 1.82) is 0 Å². The molecule has 1 aromatic heterocycles. The summed E-state index contributed by atoms with van der Waals surface area (Å²) in [6.07, 6.45) is 7.35. The number of nitrogens with one attached hydrogen (secondary N) is 1. The first-order valence-electron chi connectivity index (χ1n) is 7.95. The van der Waals surface area contributed by atoms with E-state index in [1.165, 1.54) is 37.8 Å². The van der Waals surface area contributed by atoms with Crippen molar-refractivity contribution >= 4 is 11.5 Å². The summed E-state index contributed by atoms with van der Waals surface area (Å²) in [4.78, 5) is 2.40. The topological polar surface area (TPSA) is 42.2 Å². The Morgan fingerprint density at radius 3 is 2.65 bits per heavy atom. The number of pyridine rings is 1. The molecule has 0 bridgehead atoms. The molecule has 0 aliphatic carbocycles. The smallest absolute Gasteiger partial charge is 0.279 e. The molecule has 4 heteroatoms. The first-order chi connectivity index (χ1) is 9.72. The van der Waals surface area contributed by atoms with Crippen LogP contribution in [0.5, 0.6) is 0 Å². The second kappa shape index (κ2) is 7.36. The third-order valence-electron chi connectivity index (χ3n) is 3.99. The van der Waals surface area contributed by atoms with Crippen molar-refractivity contribution in [2.75, 3.05) is 29.9 Å². The van der Waals surface area contributed by atoms with Crippen molar-refractivity contribution in [2.24, 2.45) is 0 Å². The summed E-state index contributed by atoms with van der Waals surface area (Å²) in [5.41, 5.74) is 1.96. The van der Waals surface area contributed by atoms with Gasteiger partial charge in [0.05, 0.1) is 12.6 Å². The van der Waals surface area contributed by atoms with E-state index in [-0.39, 0.29) is 0 Å². The molecule has 0 unspecified atom stereocenters. The summed E-state index contributed by atoms with van der Waals surface area (Å²) in [7, 11) is 0. The number of piperidine rings is 1. The van der Waals surface area contributed by atoms with Crippen LogP contribution in [0, 0.1) is 12.1 Å². The molecule has 2 heterocycles. The van der Waals surface area contributed by atoms with Gasteiger partial charge in [0, 0.05) is 24.8 Å². The van der Waals surface area contributed by atoms with E-state index in [1.807, 2.05) is 19.1 Å². The van der Waals surface area contributed by atoms with Crippen LogP contribution in [0.25, 0.3) is 0 Å². The highest BCUT2D eigenvalue weighted by Crippen LogP contribution is 2.22. The van der Waals surface area contributed by atoms with Gasteiger partial charge in [0.1, 0.15) is 5.69 Å². The van der Waals surface area contributed by atoms with Gasteiger partial charge in [-0.2, -0.15) is 0 Å². The van der Waals surface area contributed by atoms with Gasteiger partial charge in [-0.15, -0.1) is 0 Å². The zero-order valence-electron chi connectivity index (χ0n) is 12.8. The Balaban J connectivity index is 2.07. The molecule has 1 saturated heterocycles. The maximum absolute atomic E-state index is 12.1. The van der Waals surface area contributed by atoms with Crippen molar-refractivity contribution in [3.63, 3.8) is 0 Å². The highest BCUT2D eigenvalue weighted by molar-refractivity contribution is 5.53. The van der Waals surface area contributed by atoms with Crippen LogP contribution in [-0.2, 0) is 0 Å². The Bertz CT molecular complexity index is 428. The molecular formula is C16H27N3O. The van der Waals surface area contributed by atoms with Gasteiger partial charge < -0.3 is 10.1 Å². The fraction of sp³-hybridized carbons (Fsp3) is 0.688. The maximum Gasteiger partial charge on any atom is 0.279 e. The summed E-state index contributed by atoms with van der Waals surface area (Å²) in [6, 6.07) is 4.02. The third kappa shape index (κ3) is 3.78. The maximum atomic E-state index is 12.1. The number of hydrogen-bond acceptors (Lipinski definition) is 3. The van der Waals surface area contributed by atoms with Crippen molar-refractivity contribution < 1.29 is 4.73 Å². The number of anilines is 2. The number of rotatable bonds is 6. The third-order valence-corrected chi connectivity index (χ3v) is 3.99. The molecule has 1 aliphatic rings. The van der Waals surface area contributed by atoms with E-state index in [0.29, 0.717) is 5.82 Å². The molecule has 20 heavy (non-hydrogen) atoms. The van der Waals surface area contributed by atoms with Gasteiger partial charge >= 0.3 is 0 Å². The summed E-state index contributed by atoms with van der Waals surface area (Å²) < 4.78 is 1.01. The standard InChI is InChI=1S/C16H27N3O/c1-3-4-6-9-17-16-13-15(12-14(2)19(16)20)18-10-7-5-8-11-18/h12-13,17H,3-11H2,1-2H3. The SMILES string of the molecule is CCCCCNc1cc(N2CCCCC2)cc(C)[n+]1[O-]. The summed E-state index contributed by atoms with van der Waals surface area (Å²) in [6.45, 7) is 7.17. The lowest BCUT2D eigenvalue weighted by Gasteiger charge is -2.29. The predicted molar refractivity (Wildman–Crippen MR) is 84.2 cm³/mol. The van der Waals surface area contributed by atoms with Crippen molar-refractivity contribution in [3.05, 3.63) is 23.0 Å². The minimum atomic E-state index is 0.696. The van der Waals surface area contributed by atoms with Gasteiger partial charge in [0.2, 0.25) is 0 Å². The van der Waals surface area contributed by atoms with Crippen LogP contribution in [-0.4, -0.2) is 19.6 Å². The Labute approximate surface area is 122 Å². The summed E-state index contributed by atoms with van der Waals surface area (Å²) in [5, 5.41) is 15.4. The average Bonchev–Trinajstić information content (AvgIpc) is 2.48. The lowest BCUT2D eigenvalue weighted by Crippen LogP contribution is -2.36. The molecule has 1 N–H and O–H groups in total. The molecule has 0 radical (unpaired) electrons. The van der Waals surface area contributed by atoms with E-state index in [2.05, 4.69) is 17.1 Å². The molecule has 0 saturated carbocycles. The molecule has 1 fully saturated rings. The van der Waals surface area contributed by atoms with Gasteiger partial charge in [0.15, 0.2) is 0 Å². The largest absolute Gasteiger partial charge is 0.710 e. The highest BCUT2D eigenvalue weighted by Gasteiger charge is 2.15. The Morgan fingerprint density at radius 1 is 1.20 bits per heavy atom. The van der Waals surface area contributed by atoms with Crippen LogP contribution in [0.4, 0.5) is 11.5 Å². The van der Waals surface area contributed by atoms with E-state index in [4.69, 9.17) is 0 Å². The summed E-state index contributed by atoms with van der Waals surface area (Å²) in [5.74, 6) is 0.696. The van der Waals surface area contributed by atoms with Crippen LogP contribution >= 0.6 is 0 Å². The molecule has 0 amide bonds. The first kappa shape index (κ1) is 14.9. The summed E-state index contributed by atoms with van der Waals surface area (Å²) >= 11 is 0. The van der Waals surface area contributed by atoms with Gasteiger partial charge in [-0.25, -0.2) is 4.73 Å². The Morgan fingerprint density at radius 2 is 1.95 bits per heavy atom. The van der Waals surface area contributed by atoms with E-state index in [1.54, 1.807) is 0 Å². The molecule has 1 aromatic rings. The minimum absolute atomic E-state index is 0.696. The van der Waals surface area contributed by atoms with E-state index in [9.17, 15) is 5.21 Å². The van der Waals surface area contributed by atoms with E-state index in [0.717, 1.165) is 36.5 Å². The number of unbranched alkanes of at least 4 members (excludes halogenated alkanes) is 2. The molecule has 0 atom stereocenters. The molecule has 0 spiro atoms. The monoisotopic (exact) mass is 277 g/mol. The molecule has 1 aliphatic heterocycles. The lowest BCUT2D eigenvalue weighted by molar-refractivity contribution is -0.597. The zero-order chi connectivity index (χ0) is 14.4. The first-order valence-corrected chi connectivity index (χ1v) is 7.95. The van der Waals surface area contributed by atoms with Crippen LogP contribution in [0.3, 0.4) is 0 Å². The van der Waals surface area contributed by atoms with Crippen LogP contribution in [0.2, 0.25) is 0 Å². The quantitative estimate of drug-likeness (QED) is 0.493. The van der Waals surface area contributed by atoms with Crippen molar-refractivity contribution in [3.8, 4) is 0 Å². The van der Waals surface area contributed by atoms with Crippen LogP contribution in [0.1, 0.15) is 51.1 Å². The molecule has 112 valence electrons. The molecule has 4 nitrogen and oxygen atoms in total. The Kier molecular flexibility index (Phi) is 5.50. The number of aromatic nitrogens is 1. The van der Waals surface area contributed by atoms with Crippen LogP contribution < -0.4 is 14.9 Å². The highest BCUT2D eigenvalue weighted by atomic mass is 16.5. The Hall–Kier alpha value is -1.45. The van der Waals surface area contributed by atoms with Crippen LogP contribution in [0.15, 0.2) is 12.1 Å².